The van der Waals surface area contributed by atoms with Crippen molar-refractivity contribution in [2.75, 3.05) is 13.2 Å². The van der Waals surface area contributed by atoms with Gasteiger partial charge in [-0.05, 0) is 119 Å². The van der Waals surface area contributed by atoms with E-state index < -0.39 is 17.1 Å². The highest BCUT2D eigenvalue weighted by atomic mass is 16.3. The molecule has 3 aliphatic carbocycles. The number of aromatic hydroxyl groups is 1. The molecule has 5 N–H and O–H groups in total. The highest BCUT2D eigenvalue weighted by molar-refractivity contribution is 5.97. The molecule has 6 nitrogen and oxygen atoms in total. The van der Waals surface area contributed by atoms with Crippen molar-refractivity contribution in [2.45, 2.75) is 103 Å². The highest BCUT2D eigenvalue weighted by Crippen LogP contribution is 2.67. The molecule has 4 rings (SSSR count). The Bertz CT molecular complexity index is 1330. The summed E-state index contributed by atoms with van der Waals surface area (Å²) in [5.41, 5.74) is 3.53. The van der Waals surface area contributed by atoms with E-state index in [1.165, 1.54) is 5.57 Å². The molecule has 0 amide bonds. The number of hydrogen-bond donors (Lipinski definition) is 5. The Morgan fingerprint density at radius 3 is 2.51 bits per heavy atom. The number of carbonyl (C=O) groups excluding carboxylic acids is 1. The van der Waals surface area contributed by atoms with Crippen LogP contribution in [0.5, 0.6) is 5.75 Å². The van der Waals surface area contributed by atoms with Crippen LogP contribution in [0.4, 0.5) is 0 Å². The van der Waals surface area contributed by atoms with Gasteiger partial charge in [0.2, 0.25) is 0 Å². The number of fused-ring (bicyclic) bond motifs is 1. The lowest BCUT2D eigenvalue weighted by atomic mass is 9.51. The van der Waals surface area contributed by atoms with Gasteiger partial charge in [-0.25, -0.2) is 0 Å². The van der Waals surface area contributed by atoms with Crippen LogP contribution in [0.1, 0.15) is 90.5 Å². The first-order chi connectivity index (χ1) is 21.5. The van der Waals surface area contributed by atoms with Gasteiger partial charge in [0.15, 0.2) is 5.78 Å². The van der Waals surface area contributed by atoms with Crippen molar-refractivity contribution in [1.29, 1.82) is 0 Å². The maximum atomic E-state index is 13.6. The lowest BCUT2D eigenvalue weighted by molar-refractivity contribution is -0.181. The molecule has 3 saturated carbocycles. The van der Waals surface area contributed by atoms with E-state index in [-0.39, 0.29) is 48.9 Å². The third kappa shape index (κ3) is 7.46. The SMILES string of the molecule is C=C(/C=C/C=C(/CO)[C@H]1[C@@H]2CCC[C@@]3(O)CC/C(=C(/C)C(=O)Cc4ccc(O)cc4)[C@@H](CCCO)[C@]3(C2)[C@@H]1O)CCC=C(C)C. The van der Waals surface area contributed by atoms with E-state index in [0.29, 0.717) is 44.1 Å². The first kappa shape index (κ1) is 35.1. The number of phenolic OH excluding ortho intramolecular Hbond substituents is 1. The number of phenols is 1. The van der Waals surface area contributed by atoms with Crippen LogP contribution in [0.3, 0.4) is 0 Å². The molecule has 6 atom stereocenters. The molecule has 3 fully saturated rings. The Morgan fingerprint density at radius 2 is 1.84 bits per heavy atom. The van der Waals surface area contributed by atoms with Crippen molar-refractivity contribution in [3.05, 3.63) is 88.6 Å². The second-order valence-electron chi connectivity index (χ2n) is 14.0. The normalized spacial score (nSPS) is 31.0. The van der Waals surface area contributed by atoms with Crippen molar-refractivity contribution in [3.63, 3.8) is 0 Å². The predicted molar refractivity (Wildman–Crippen MR) is 180 cm³/mol. The van der Waals surface area contributed by atoms with E-state index in [1.807, 2.05) is 25.2 Å². The van der Waals surface area contributed by atoms with Crippen LogP contribution in [0.25, 0.3) is 0 Å². The van der Waals surface area contributed by atoms with Crippen LogP contribution in [-0.2, 0) is 11.2 Å². The summed E-state index contributed by atoms with van der Waals surface area (Å²) in [7, 11) is 0. The Morgan fingerprint density at radius 1 is 1.11 bits per heavy atom. The van der Waals surface area contributed by atoms with E-state index in [2.05, 4.69) is 26.5 Å². The zero-order chi connectivity index (χ0) is 32.8. The first-order valence-electron chi connectivity index (χ1n) is 16.8. The molecule has 6 heteroatoms. The van der Waals surface area contributed by atoms with Gasteiger partial charge in [-0.3, -0.25) is 4.79 Å². The van der Waals surface area contributed by atoms with E-state index in [9.17, 15) is 30.3 Å². The molecule has 0 aromatic heterocycles. The topological polar surface area (TPSA) is 118 Å². The van der Waals surface area contributed by atoms with Crippen LogP contribution in [0.15, 0.2) is 83.0 Å². The number of aliphatic hydroxyl groups is 4. The summed E-state index contributed by atoms with van der Waals surface area (Å²) < 4.78 is 0. The highest BCUT2D eigenvalue weighted by Gasteiger charge is 2.68. The number of hydrogen-bond acceptors (Lipinski definition) is 6. The Balaban J connectivity index is 1.69. The minimum absolute atomic E-state index is 0.00775. The van der Waals surface area contributed by atoms with E-state index in [0.717, 1.165) is 48.0 Å². The van der Waals surface area contributed by atoms with Gasteiger partial charge in [0.25, 0.3) is 0 Å². The molecule has 1 spiro atoms. The number of carbonyl (C=O) groups is 1. The minimum atomic E-state index is -1.10. The van der Waals surface area contributed by atoms with E-state index in [1.54, 1.807) is 24.3 Å². The van der Waals surface area contributed by atoms with Gasteiger partial charge < -0.3 is 25.5 Å². The molecule has 0 radical (unpaired) electrons. The average Bonchev–Trinajstić information content (AvgIpc) is 3.18. The number of aliphatic hydroxyl groups excluding tert-OH is 3. The average molecular weight is 619 g/mol. The number of allylic oxidation sites excluding steroid dienone is 8. The zero-order valence-electron chi connectivity index (χ0n) is 27.5. The molecule has 246 valence electrons. The fourth-order valence-electron chi connectivity index (χ4n) is 8.75. The summed E-state index contributed by atoms with van der Waals surface area (Å²) >= 11 is 0. The van der Waals surface area contributed by atoms with Crippen LogP contribution in [-0.4, -0.2) is 56.2 Å². The first-order valence-corrected chi connectivity index (χ1v) is 16.8. The molecule has 1 aromatic carbocycles. The van der Waals surface area contributed by atoms with Gasteiger partial charge in [-0.2, -0.15) is 0 Å². The Labute approximate surface area is 269 Å². The van der Waals surface area contributed by atoms with E-state index >= 15 is 0 Å². The number of Topliss-reactive ketones (excluding diaryl/α,β-unsaturated/α-hetero) is 1. The second-order valence-corrected chi connectivity index (χ2v) is 14.0. The molecule has 0 saturated heterocycles. The Kier molecular flexibility index (Phi) is 11.9. The lowest BCUT2D eigenvalue weighted by Gasteiger charge is -2.57. The van der Waals surface area contributed by atoms with Gasteiger partial charge in [0.05, 0.1) is 18.3 Å². The number of ketones is 1. The smallest absolute Gasteiger partial charge is 0.162 e. The summed E-state index contributed by atoms with van der Waals surface area (Å²) in [5, 5.41) is 55.1. The molecule has 0 heterocycles. The maximum Gasteiger partial charge on any atom is 0.162 e. The van der Waals surface area contributed by atoms with Gasteiger partial charge in [-0.15, -0.1) is 0 Å². The number of benzene rings is 1. The monoisotopic (exact) mass is 618 g/mol. The second kappa shape index (κ2) is 15.2. The third-order valence-electron chi connectivity index (χ3n) is 11.0. The van der Waals surface area contributed by atoms with Crippen molar-refractivity contribution < 1.29 is 30.3 Å². The van der Waals surface area contributed by atoms with Crippen LogP contribution >= 0.6 is 0 Å². The summed E-state index contributed by atoms with van der Waals surface area (Å²) in [4.78, 5) is 13.6. The summed E-state index contributed by atoms with van der Waals surface area (Å²) in [6.45, 7) is 10.0. The van der Waals surface area contributed by atoms with Crippen LogP contribution in [0.2, 0.25) is 0 Å². The fraction of sp³-hybridized carbons (Fsp3) is 0.564. The largest absolute Gasteiger partial charge is 0.508 e. The van der Waals surface area contributed by atoms with Gasteiger partial charge in [0.1, 0.15) is 5.75 Å². The summed E-state index contributed by atoms with van der Waals surface area (Å²) in [6, 6.07) is 6.67. The van der Waals surface area contributed by atoms with Gasteiger partial charge in [-0.1, -0.05) is 66.2 Å². The van der Waals surface area contributed by atoms with Gasteiger partial charge in [0, 0.05) is 24.4 Å². The minimum Gasteiger partial charge on any atom is -0.508 e. The molecule has 45 heavy (non-hydrogen) atoms. The van der Waals surface area contributed by atoms with Crippen LogP contribution < -0.4 is 0 Å². The standard InChI is InChI=1S/C39H54O6/c1-26(2)9-5-10-27(3)11-6-12-31(25-41)36-30-13-7-20-38(45)21-19-33(34(14-8-22-40)39(38,24-30)37(36)44)28(4)35(43)23-29-15-17-32(42)18-16-29/h6,9,11-12,15-18,30,34,36-37,40-42,44-45H,3,5,7-8,10,13-14,19-25H2,1-2,4H3/b11-6+,31-12-,33-28+/t30-,34-,36-,37-,38-,39-/m1/s1. The fourth-order valence-corrected chi connectivity index (χ4v) is 8.75. The van der Waals surface area contributed by atoms with Gasteiger partial charge >= 0.3 is 0 Å². The third-order valence-corrected chi connectivity index (χ3v) is 11.0. The molecule has 1 aromatic rings. The quantitative estimate of drug-likeness (QED) is 0.0957. The van der Waals surface area contributed by atoms with Crippen molar-refractivity contribution in [2.24, 2.45) is 23.2 Å². The Hall–Kier alpha value is -2.77. The predicted octanol–water partition coefficient (Wildman–Crippen LogP) is 6.68. The van der Waals surface area contributed by atoms with Crippen molar-refractivity contribution in [3.8, 4) is 5.75 Å². The number of rotatable bonds is 13. The molecule has 0 aliphatic heterocycles. The molecule has 0 unspecified atom stereocenters. The molecular formula is C39H54O6. The van der Waals surface area contributed by atoms with Crippen molar-refractivity contribution >= 4 is 5.78 Å². The molecular weight excluding hydrogens is 564 g/mol. The van der Waals surface area contributed by atoms with Crippen molar-refractivity contribution in [1.82, 2.24) is 0 Å². The summed E-state index contributed by atoms with van der Waals surface area (Å²) in [5.74, 6) is -0.343. The summed E-state index contributed by atoms with van der Waals surface area (Å²) in [6.07, 6.45) is 14.1. The molecule has 3 aliphatic rings. The maximum absolute atomic E-state index is 13.6. The molecule has 2 bridgehead atoms. The van der Waals surface area contributed by atoms with Crippen LogP contribution in [0, 0.1) is 23.2 Å². The zero-order valence-corrected chi connectivity index (χ0v) is 27.5. The lowest BCUT2D eigenvalue weighted by Crippen LogP contribution is -2.61. The van der Waals surface area contributed by atoms with E-state index in [4.69, 9.17) is 0 Å².